The highest BCUT2D eigenvalue weighted by molar-refractivity contribution is 5.85. The molecular weight excluding hydrogens is 298 g/mol. The number of benzene rings is 1. The molecular formula is C17H26ClN3O. The van der Waals surface area contributed by atoms with Gasteiger partial charge in [0.05, 0.1) is 12.6 Å². The molecule has 122 valence electrons. The lowest BCUT2D eigenvalue weighted by Gasteiger charge is -2.34. The first-order valence-corrected chi connectivity index (χ1v) is 8.00. The van der Waals surface area contributed by atoms with E-state index in [2.05, 4.69) is 27.7 Å². The zero-order valence-electron chi connectivity index (χ0n) is 13.1. The minimum absolute atomic E-state index is 0. The Bertz CT molecular complexity index is 482. The maximum atomic E-state index is 12.2. The Morgan fingerprint density at radius 1 is 1.32 bits per heavy atom. The van der Waals surface area contributed by atoms with Crippen LogP contribution in [-0.4, -0.2) is 43.5 Å². The normalized spacial score (nSPS) is 25.9. The van der Waals surface area contributed by atoms with Gasteiger partial charge in [-0.25, -0.2) is 0 Å². The molecule has 1 aromatic carbocycles. The Kier molecular flexibility index (Phi) is 6.24. The number of piperidine rings is 1. The van der Waals surface area contributed by atoms with E-state index in [-0.39, 0.29) is 24.4 Å². The van der Waals surface area contributed by atoms with E-state index in [1.54, 1.807) is 0 Å². The highest BCUT2D eigenvalue weighted by Crippen LogP contribution is 2.26. The smallest absolute Gasteiger partial charge is 0.234 e. The van der Waals surface area contributed by atoms with Crippen LogP contribution in [0.3, 0.4) is 0 Å². The second kappa shape index (κ2) is 7.95. The van der Waals surface area contributed by atoms with Crippen LogP contribution in [-0.2, 0) is 4.79 Å². The number of hydrogen-bond acceptors (Lipinski definition) is 3. The van der Waals surface area contributed by atoms with Gasteiger partial charge in [-0.2, -0.15) is 0 Å². The monoisotopic (exact) mass is 323 g/mol. The van der Waals surface area contributed by atoms with Gasteiger partial charge in [0.15, 0.2) is 0 Å². The first-order chi connectivity index (χ1) is 10.2. The molecule has 2 N–H and O–H groups in total. The third kappa shape index (κ3) is 4.22. The number of likely N-dealkylation sites (tertiary alicyclic amines) is 1. The molecule has 1 amide bonds. The molecule has 3 unspecified atom stereocenters. The number of carbonyl (C=O) groups excluding carboxylic acids is 1. The van der Waals surface area contributed by atoms with Crippen molar-refractivity contribution < 1.29 is 4.79 Å². The lowest BCUT2D eigenvalue weighted by atomic mass is 9.89. The van der Waals surface area contributed by atoms with Crippen molar-refractivity contribution in [3.8, 4) is 0 Å². The largest absolute Gasteiger partial charge is 0.348 e. The Hall–Kier alpha value is -1.10. The number of nitrogens with zero attached hydrogens (tertiary/aromatic N) is 1. The molecule has 0 saturated carbocycles. The van der Waals surface area contributed by atoms with Crippen LogP contribution in [0.1, 0.15) is 24.9 Å². The van der Waals surface area contributed by atoms with E-state index in [9.17, 15) is 4.79 Å². The molecule has 5 heteroatoms. The molecule has 2 saturated heterocycles. The summed E-state index contributed by atoms with van der Waals surface area (Å²) in [4.78, 5) is 14.5. The maximum absolute atomic E-state index is 12.2. The van der Waals surface area contributed by atoms with Crippen LogP contribution in [0.2, 0.25) is 0 Å². The van der Waals surface area contributed by atoms with Crippen LogP contribution in [0.15, 0.2) is 30.3 Å². The van der Waals surface area contributed by atoms with Gasteiger partial charge in [0, 0.05) is 6.54 Å². The SMILES string of the molecule is CC(NC(=O)CN1CCC2CNCC2C1)c1ccccc1.Cl. The summed E-state index contributed by atoms with van der Waals surface area (Å²) >= 11 is 0. The summed E-state index contributed by atoms with van der Waals surface area (Å²) in [6.07, 6.45) is 1.22. The molecule has 22 heavy (non-hydrogen) atoms. The first kappa shape index (κ1) is 17.3. The Labute approximate surface area is 139 Å². The Morgan fingerprint density at radius 2 is 2.05 bits per heavy atom. The third-order valence-electron chi connectivity index (χ3n) is 4.83. The van der Waals surface area contributed by atoms with Gasteiger partial charge in [-0.15, -0.1) is 12.4 Å². The lowest BCUT2D eigenvalue weighted by Crippen LogP contribution is -2.45. The minimum atomic E-state index is 0. The number of amides is 1. The molecule has 4 nitrogen and oxygen atoms in total. The molecule has 2 fully saturated rings. The summed E-state index contributed by atoms with van der Waals surface area (Å²) in [6, 6.07) is 10.2. The predicted molar refractivity (Wildman–Crippen MR) is 91.2 cm³/mol. The average molecular weight is 324 g/mol. The number of rotatable bonds is 4. The quantitative estimate of drug-likeness (QED) is 0.888. The van der Waals surface area contributed by atoms with Gasteiger partial charge in [0.1, 0.15) is 0 Å². The van der Waals surface area contributed by atoms with Gasteiger partial charge in [0.25, 0.3) is 0 Å². The zero-order chi connectivity index (χ0) is 14.7. The maximum Gasteiger partial charge on any atom is 0.234 e. The molecule has 1 aromatic rings. The van der Waals surface area contributed by atoms with Crippen LogP contribution in [0.5, 0.6) is 0 Å². The van der Waals surface area contributed by atoms with Crippen molar-refractivity contribution in [2.75, 3.05) is 32.7 Å². The summed E-state index contributed by atoms with van der Waals surface area (Å²) < 4.78 is 0. The second-order valence-electron chi connectivity index (χ2n) is 6.40. The Balaban J connectivity index is 0.00000176. The molecule has 2 heterocycles. The summed E-state index contributed by atoms with van der Waals surface area (Å²) in [5, 5.41) is 6.57. The van der Waals surface area contributed by atoms with Gasteiger partial charge in [-0.3, -0.25) is 9.69 Å². The number of halogens is 1. The summed E-state index contributed by atoms with van der Waals surface area (Å²) in [5.41, 5.74) is 1.16. The van der Waals surface area contributed by atoms with E-state index in [0.29, 0.717) is 6.54 Å². The van der Waals surface area contributed by atoms with Crippen molar-refractivity contribution >= 4 is 18.3 Å². The third-order valence-corrected chi connectivity index (χ3v) is 4.83. The van der Waals surface area contributed by atoms with Crippen LogP contribution in [0, 0.1) is 11.8 Å². The van der Waals surface area contributed by atoms with Gasteiger partial charge in [-0.05, 0) is 50.4 Å². The van der Waals surface area contributed by atoms with E-state index in [1.807, 2.05) is 25.1 Å². The van der Waals surface area contributed by atoms with Crippen molar-refractivity contribution in [1.82, 2.24) is 15.5 Å². The van der Waals surface area contributed by atoms with Crippen molar-refractivity contribution in [3.05, 3.63) is 35.9 Å². The fourth-order valence-electron chi connectivity index (χ4n) is 3.57. The van der Waals surface area contributed by atoms with Gasteiger partial charge in [-0.1, -0.05) is 30.3 Å². The fourth-order valence-corrected chi connectivity index (χ4v) is 3.57. The zero-order valence-corrected chi connectivity index (χ0v) is 13.9. The fraction of sp³-hybridized carbons (Fsp3) is 0.588. The van der Waals surface area contributed by atoms with Crippen LogP contribution in [0.4, 0.5) is 0 Å². The van der Waals surface area contributed by atoms with E-state index in [0.717, 1.165) is 43.6 Å². The van der Waals surface area contributed by atoms with Gasteiger partial charge in [0.2, 0.25) is 5.91 Å². The molecule has 2 aliphatic heterocycles. The minimum Gasteiger partial charge on any atom is -0.348 e. The number of hydrogen-bond donors (Lipinski definition) is 2. The number of carbonyl (C=O) groups is 1. The van der Waals surface area contributed by atoms with E-state index < -0.39 is 0 Å². The van der Waals surface area contributed by atoms with E-state index in [4.69, 9.17) is 0 Å². The highest BCUT2D eigenvalue weighted by atomic mass is 35.5. The van der Waals surface area contributed by atoms with Crippen molar-refractivity contribution in [2.24, 2.45) is 11.8 Å². The molecule has 3 rings (SSSR count). The lowest BCUT2D eigenvalue weighted by molar-refractivity contribution is -0.123. The average Bonchev–Trinajstić information content (AvgIpc) is 2.95. The van der Waals surface area contributed by atoms with E-state index in [1.165, 1.54) is 6.42 Å². The van der Waals surface area contributed by atoms with Crippen LogP contribution in [0.25, 0.3) is 0 Å². The molecule has 0 aromatic heterocycles. The van der Waals surface area contributed by atoms with Gasteiger partial charge >= 0.3 is 0 Å². The van der Waals surface area contributed by atoms with Crippen molar-refractivity contribution in [1.29, 1.82) is 0 Å². The van der Waals surface area contributed by atoms with E-state index >= 15 is 0 Å². The standard InChI is InChI=1S/C17H25N3O.ClH/c1-13(14-5-3-2-4-6-14)19-17(21)12-20-8-7-15-9-18-10-16(15)11-20;/h2-6,13,15-16,18H,7-12H2,1H3,(H,19,21);1H. The van der Waals surface area contributed by atoms with Crippen LogP contribution < -0.4 is 10.6 Å². The molecule has 0 spiro atoms. The van der Waals surface area contributed by atoms with Crippen molar-refractivity contribution in [2.45, 2.75) is 19.4 Å². The Morgan fingerprint density at radius 3 is 2.82 bits per heavy atom. The predicted octanol–water partition coefficient (Wildman–Crippen LogP) is 1.83. The van der Waals surface area contributed by atoms with Crippen LogP contribution >= 0.6 is 12.4 Å². The summed E-state index contributed by atoms with van der Waals surface area (Å²) in [7, 11) is 0. The highest BCUT2D eigenvalue weighted by Gasteiger charge is 2.33. The van der Waals surface area contributed by atoms with Gasteiger partial charge < -0.3 is 10.6 Å². The number of fused-ring (bicyclic) bond motifs is 1. The number of nitrogens with one attached hydrogen (secondary N) is 2. The topological polar surface area (TPSA) is 44.4 Å². The molecule has 2 aliphatic rings. The summed E-state index contributed by atoms with van der Waals surface area (Å²) in [6.45, 7) is 6.96. The second-order valence-corrected chi connectivity index (χ2v) is 6.40. The van der Waals surface area contributed by atoms with Crippen molar-refractivity contribution in [3.63, 3.8) is 0 Å². The molecule has 0 bridgehead atoms. The molecule has 0 radical (unpaired) electrons. The molecule has 0 aliphatic carbocycles. The summed E-state index contributed by atoms with van der Waals surface area (Å²) in [5.74, 6) is 1.70. The molecule has 3 atom stereocenters. The first-order valence-electron chi connectivity index (χ1n) is 8.00.